The molecule has 1 aliphatic heterocycles. The number of aliphatic hydroxyl groups excluding tert-OH is 1. The van der Waals surface area contributed by atoms with Crippen LogP contribution in [0.1, 0.15) is 26.2 Å². The Morgan fingerprint density at radius 3 is 2.77 bits per heavy atom. The van der Waals surface area contributed by atoms with Crippen molar-refractivity contribution < 1.29 is 15.0 Å². The third kappa shape index (κ3) is 2.42. The van der Waals surface area contributed by atoms with Crippen LogP contribution in [0.4, 0.5) is 0 Å². The minimum Gasteiger partial charge on any atom is -0.481 e. The summed E-state index contributed by atoms with van der Waals surface area (Å²) >= 11 is 0. The average Bonchev–Trinajstić information content (AvgIpc) is 2.04. The van der Waals surface area contributed by atoms with Crippen molar-refractivity contribution in [3.05, 3.63) is 0 Å². The van der Waals surface area contributed by atoms with Gasteiger partial charge >= 0.3 is 5.97 Å². The zero-order valence-electron chi connectivity index (χ0n) is 7.92. The van der Waals surface area contributed by atoms with Crippen LogP contribution in [0.15, 0.2) is 0 Å². The first-order valence-corrected chi connectivity index (χ1v) is 4.69. The summed E-state index contributed by atoms with van der Waals surface area (Å²) < 4.78 is 0. The Balaban J connectivity index is 2.67. The Morgan fingerprint density at radius 2 is 2.38 bits per heavy atom. The van der Waals surface area contributed by atoms with Gasteiger partial charge in [0.15, 0.2) is 0 Å². The molecular formula is C9H17NO3. The van der Waals surface area contributed by atoms with Crippen LogP contribution in [-0.2, 0) is 4.79 Å². The highest BCUT2D eigenvalue weighted by atomic mass is 16.4. The fourth-order valence-electron chi connectivity index (χ4n) is 1.98. The Morgan fingerprint density at radius 1 is 1.69 bits per heavy atom. The number of aliphatic hydroxyl groups is 1. The lowest BCUT2D eigenvalue weighted by molar-refractivity contribution is -0.152. The summed E-state index contributed by atoms with van der Waals surface area (Å²) in [4.78, 5) is 11.1. The van der Waals surface area contributed by atoms with Crippen LogP contribution in [-0.4, -0.2) is 35.4 Å². The molecule has 4 heteroatoms. The highest BCUT2D eigenvalue weighted by molar-refractivity contribution is 5.75. The molecule has 0 aromatic heterocycles. The number of rotatable bonds is 3. The number of carboxylic acids is 1. The molecule has 1 heterocycles. The average molecular weight is 187 g/mol. The van der Waals surface area contributed by atoms with Crippen molar-refractivity contribution in [1.82, 2.24) is 5.32 Å². The van der Waals surface area contributed by atoms with Gasteiger partial charge in [-0.15, -0.1) is 0 Å². The second kappa shape index (κ2) is 4.07. The summed E-state index contributed by atoms with van der Waals surface area (Å²) in [5.74, 6) is -0.791. The molecule has 76 valence electrons. The molecule has 0 radical (unpaired) electrons. The van der Waals surface area contributed by atoms with Gasteiger partial charge in [-0.3, -0.25) is 4.79 Å². The van der Waals surface area contributed by atoms with E-state index in [0.717, 1.165) is 13.0 Å². The van der Waals surface area contributed by atoms with E-state index in [1.165, 1.54) is 0 Å². The van der Waals surface area contributed by atoms with E-state index in [2.05, 4.69) is 5.32 Å². The van der Waals surface area contributed by atoms with Gasteiger partial charge in [0.25, 0.3) is 0 Å². The second-order valence-corrected chi connectivity index (χ2v) is 3.92. The smallest absolute Gasteiger partial charge is 0.311 e. The van der Waals surface area contributed by atoms with Crippen molar-refractivity contribution in [3.8, 4) is 0 Å². The van der Waals surface area contributed by atoms with E-state index in [9.17, 15) is 9.90 Å². The SMILES string of the molecule is CC(O)CC1(C(=O)O)CCCNC1. The molecule has 0 saturated carbocycles. The summed E-state index contributed by atoms with van der Waals surface area (Å²) in [5, 5.41) is 21.4. The molecule has 0 aromatic rings. The third-order valence-corrected chi connectivity index (χ3v) is 2.61. The number of carbonyl (C=O) groups is 1. The Hall–Kier alpha value is -0.610. The molecule has 0 amide bonds. The lowest BCUT2D eigenvalue weighted by Gasteiger charge is -2.34. The molecule has 4 nitrogen and oxygen atoms in total. The number of piperidine rings is 1. The first-order valence-electron chi connectivity index (χ1n) is 4.69. The van der Waals surface area contributed by atoms with E-state index in [-0.39, 0.29) is 0 Å². The van der Waals surface area contributed by atoms with Crippen molar-refractivity contribution in [1.29, 1.82) is 0 Å². The number of aliphatic carboxylic acids is 1. The van der Waals surface area contributed by atoms with Crippen LogP contribution in [0.25, 0.3) is 0 Å². The fourth-order valence-corrected chi connectivity index (χ4v) is 1.98. The number of hydrogen-bond acceptors (Lipinski definition) is 3. The molecule has 2 unspecified atom stereocenters. The largest absolute Gasteiger partial charge is 0.481 e. The minimum atomic E-state index is -0.791. The normalized spacial score (nSPS) is 31.2. The van der Waals surface area contributed by atoms with Crippen LogP contribution in [0.2, 0.25) is 0 Å². The summed E-state index contributed by atoms with van der Waals surface area (Å²) in [6.45, 7) is 3.00. The maximum atomic E-state index is 11.1. The van der Waals surface area contributed by atoms with Gasteiger partial charge in [0, 0.05) is 6.54 Å². The van der Waals surface area contributed by atoms with Crippen molar-refractivity contribution in [3.63, 3.8) is 0 Å². The van der Waals surface area contributed by atoms with Crippen LogP contribution >= 0.6 is 0 Å². The summed E-state index contributed by atoms with van der Waals surface area (Å²) in [7, 11) is 0. The first-order chi connectivity index (χ1) is 6.07. The van der Waals surface area contributed by atoms with E-state index in [1.54, 1.807) is 6.92 Å². The zero-order chi connectivity index (χ0) is 9.90. The molecule has 13 heavy (non-hydrogen) atoms. The fraction of sp³-hybridized carbons (Fsp3) is 0.889. The van der Waals surface area contributed by atoms with Gasteiger partial charge in [-0.2, -0.15) is 0 Å². The molecule has 1 rings (SSSR count). The Labute approximate surface area is 78.0 Å². The van der Waals surface area contributed by atoms with Gasteiger partial charge in [-0.05, 0) is 32.7 Å². The summed E-state index contributed by atoms with van der Waals surface area (Å²) in [5.41, 5.74) is -0.744. The first kappa shape index (κ1) is 10.5. The van der Waals surface area contributed by atoms with Crippen molar-refractivity contribution in [2.24, 2.45) is 5.41 Å². The number of carboxylic acid groups (broad SMARTS) is 1. The predicted molar refractivity (Wildman–Crippen MR) is 48.5 cm³/mol. The van der Waals surface area contributed by atoms with Gasteiger partial charge < -0.3 is 15.5 Å². The van der Waals surface area contributed by atoms with Crippen LogP contribution < -0.4 is 5.32 Å². The van der Waals surface area contributed by atoms with E-state index in [0.29, 0.717) is 19.4 Å². The molecule has 2 atom stereocenters. The molecule has 0 aromatic carbocycles. The predicted octanol–water partition coefficient (Wildman–Crippen LogP) is 0.212. The number of hydrogen-bond donors (Lipinski definition) is 3. The number of nitrogens with one attached hydrogen (secondary N) is 1. The second-order valence-electron chi connectivity index (χ2n) is 3.92. The van der Waals surface area contributed by atoms with Crippen molar-refractivity contribution >= 4 is 5.97 Å². The van der Waals surface area contributed by atoms with Gasteiger partial charge in [0.05, 0.1) is 11.5 Å². The maximum absolute atomic E-state index is 11.1. The molecule has 3 N–H and O–H groups in total. The van der Waals surface area contributed by atoms with Crippen LogP contribution in [0, 0.1) is 5.41 Å². The van der Waals surface area contributed by atoms with Crippen molar-refractivity contribution in [2.45, 2.75) is 32.3 Å². The molecule has 1 saturated heterocycles. The van der Waals surface area contributed by atoms with Crippen LogP contribution in [0.5, 0.6) is 0 Å². The third-order valence-electron chi connectivity index (χ3n) is 2.61. The molecular weight excluding hydrogens is 170 g/mol. The molecule has 1 aliphatic rings. The molecule has 0 bridgehead atoms. The Kier molecular flexibility index (Phi) is 3.27. The zero-order valence-corrected chi connectivity index (χ0v) is 7.92. The molecule has 1 fully saturated rings. The lowest BCUT2D eigenvalue weighted by Crippen LogP contribution is -2.47. The van der Waals surface area contributed by atoms with Gasteiger partial charge in [-0.25, -0.2) is 0 Å². The van der Waals surface area contributed by atoms with E-state index >= 15 is 0 Å². The minimum absolute atomic E-state index is 0.343. The molecule has 0 spiro atoms. The topological polar surface area (TPSA) is 69.6 Å². The summed E-state index contributed by atoms with van der Waals surface area (Å²) in [6.07, 6.45) is 1.34. The van der Waals surface area contributed by atoms with E-state index in [4.69, 9.17) is 5.11 Å². The standard InChI is InChI=1S/C9H17NO3/c1-7(11)5-9(8(12)13)3-2-4-10-6-9/h7,10-11H,2-6H2,1H3,(H,12,13). The maximum Gasteiger partial charge on any atom is 0.311 e. The monoisotopic (exact) mass is 187 g/mol. The Bertz CT molecular complexity index is 185. The van der Waals surface area contributed by atoms with E-state index in [1.807, 2.05) is 0 Å². The molecule has 0 aliphatic carbocycles. The highest BCUT2D eigenvalue weighted by Crippen LogP contribution is 2.31. The van der Waals surface area contributed by atoms with Gasteiger partial charge in [0.2, 0.25) is 0 Å². The van der Waals surface area contributed by atoms with Crippen LogP contribution in [0.3, 0.4) is 0 Å². The highest BCUT2D eigenvalue weighted by Gasteiger charge is 2.40. The summed E-state index contributed by atoms with van der Waals surface area (Å²) in [6, 6.07) is 0. The van der Waals surface area contributed by atoms with Gasteiger partial charge in [0.1, 0.15) is 0 Å². The van der Waals surface area contributed by atoms with Crippen molar-refractivity contribution in [2.75, 3.05) is 13.1 Å². The quantitative estimate of drug-likeness (QED) is 0.591. The van der Waals surface area contributed by atoms with Gasteiger partial charge in [-0.1, -0.05) is 0 Å². The van der Waals surface area contributed by atoms with E-state index < -0.39 is 17.5 Å². The lowest BCUT2D eigenvalue weighted by atomic mass is 9.76.